The summed E-state index contributed by atoms with van der Waals surface area (Å²) in [5.41, 5.74) is 2.94. The number of alkyl halides is 3. The molecule has 0 unspecified atom stereocenters. The van der Waals surface area contributed by atoms with Crippen molar-refractivity contribution in [2.24, 2.45) is 0 Å². The number of anilines is 1. The molecule has 2 aromatic heterocycles. The average Bonchev–Trinajstić information content (AvgIpc) is 3.19. The number of pyridine rings is 1. The summed E-state index contributed by atoms with van der Waals surface area (Å²) in [4.78, 5) is 30.2. The summed E-state index contributed by atoms with van der Waals surface area (Å²) < 4.78 is 39.2. The number of carbonyl (C=O) groups excluding carboxylic acids is 1. The molecule has 0 bridgehead atoms. The van der Waals surface area contributed by atoms with E-state index in [1.165, 1.54) is 18.3 Å². The van der Waals surface area contributed by atoms with Gasteiger partial charge in [-0.1, -0.05) is 41.9 Å². The van der Waals surface area contributed by atoms with Crippen LogP contribution in [-0.2, 0) is 12.7 Å². The Morgan fingerprint density at radius 1 is 0.919 bits per heavy atom. The number of rotatable bonds is 4. The predicted octanol–water partition coefficient (Wildman–Crippen LogP) is 5.72. The van der Waals surface area contributed by atoms with Crippen molar-refractivity contribution < 1.29 is 18.0 Å². The molecule has 10 heteroatoms. The maximum atomic E-state index is 13.1. The molecule has 0 aliphatic carbocycles. The summed E-state index contributed by atoms with van der Waals surface area (Å²) in [6.45, 7) is 1.78. The van der Waals surface area contributed by atoms with Gasteiger partial charge in [0.2, 0.25) is 0 Å². The monoisotopic (exact) mass is 521 g/mol. The molecule has 6 rings (SSSR count). The summed E-state index contributed by atoms with van der Waals surface area (Å²) in [5, 5.41) is 0.351. The lowest BCUT2D eigenvalue weighted by Gasteiger charge is -2.44. The lowest BCUT2D eigenvalue weighted by Crippen LogP contribution is -2.59. The molecule has 37 heavy (non-hydrogen) atoms. The van der Waals surface area contributed by atoms with E-state index in [0.29, 0.717) is 53.0 Å². The highest BCUT2D eigenvalue weighted by molar-refractivity contribution is 6.33. The zero-order valence-corrected chi connectivity index (χ0v) is 20.0. The van der Waals surface area contributed by atoms with Gasteiger partial charge in [-0.2, -0.15) is 13.2 Å². The lowest BCUT2D eigenvalue weighted by molar-refractivity contribution is -0.137. The summed E-state index contributed by atoms with van der Waals surface area (Å²) in [6, 6.07) is 14.2. The van der Waals surface area contributed by atoms with Crippen LogP contribution in [0.5, 0.6) is 0 Å². The van der Waals surface area contributed by atoms with Crippen LogP contribution in [0.25, 0.3) is 22.5 Å². The third-order valence-corrected chi connectivity index (χ3v) is 7.05. The highest BCUT2D eigenvalue weighted by atomic mass is 35.5. The van der Waals surface area contributed by atoms with Gasteiger partial charge in [0.25, 0.3) is 5.91 Å². The Morgan fingerprint density at radius 3 is 2.38 bits per heavy atom. The summed E-state index contributed by atoms with van der Waals surface area (Å²) in [6.07, 6.45) is 0.223. The second-order valence-corrected chi connectivity index (χ2v) is 9.41. The number of amides is 1. The Bertz CT molecular complexity index is 1500. The summed E-state index contributed by atoms with van der Waals surface area (Å²) in [5.74, 6) is 0.632. The van der Waals surface area contributed by atoms with Crippen molar-refractivity contribution in [2.75, 3.05) is 18.0 Å². The molecule has 1 amide bonds. The van der Waals surface area contributed by atoms with Gasteiger partial charge in [0, 0.05) is 48.7 Å². The maximum absolute atomic E-state index is 13.1. The van der Waals surface area contributed by atoms with E-state index in [1.54, 1.807) is 18.5 Å². The Labute approximate surface area is 215 Å². The second kappa shape index (κ2) is 8.85. The molecule has 0 radical (unpaired) electrons. The molecule has 6 nitrogen and oxygen atoms in total. The first-order valence-electron chi connectivity index (χ1n) is 11.6. The number of fused-ring (bicyclic) bond motifs is 1. The number of nitrogens with zero attached hydrogens (tertiary/aromatic N) is 5. The van der Waals surface area contributed by atoms with Crippen LogP contribution in [0, 0.1) is 0 Å². The van der Waals surface area contributed by atoms with Crippen molar-refractivity contribution in [1.29, 1.82) is 0 Å². The second-order valence-electron chi connectivity index (χ2n) is 9.01. The number of aromatic nitrogens is 3. The van der Waals surface area contributed by atoms with Crippen molar-refractivity contribution in [3.05, 3.63) is 94.9 Å². The van der Waals surface area contributed by atoms with E-state index in [4.69, 9.17) is 16.6 Å². The van der Waals surface area contributed by atoms with Crippen molar-refractivity contribution in [3.8, 4) is 22.5 Å². The van der Waals surface area contributed by atoms with Gasteiger partial charge in [0.05, 0.1) is 28.5 Å². The molecule has 4 aromatic rings. The van der Waals surface area contributed by atoms with Gasteiger partial charge in [0.15, 0.2) is 0 Å². The van der Waals surface area contributed by atoms with E-state index < -0.39 is 11.7 Å². The fraction of sp³-hybridized carbons (Fsp3) is 0.185. The fourth-order valence-electron chi connectivity index (χ4n) is 4.73. The normalized spacial score (nSPS) is 15.6. The molecule has 4 heterocycles. The molecule has 1 fully saturated rings. The van der Waals surface area contributed by atoms with Crippen LogP contribution in [0.2, 0.25) is 5.02 Å². The molecule has 2 aliphatic heterocycles. The maximum Gasteiger partial charge on any atom is 0.416 e. The number of hydrogen-bond acceptors (Lipinski definition) is 5. The Morgan fingerprint density at radius 2 is 1.68 bits per heavy atom. The van der Waals surface area contributed by atoms with Crippen LogP contribution in [0.3, 0.4) is 0 Å². The number of halogens is 4. The minimum Gasteiger partial charge on any atom is -0.351 e. The van der Waals surface area contributed by atoms with Gasteiger partial charge in [-0.25, -0.2) is 4.98 Å². The first kappa shape index (κ1) is 23.4. The number of carbonyl (C=O) groups is 1. The molecular weight excluding hydrogens is 503 g/mol. The lowest BCUT2D eigenvalue weighted by atomic mass is 10.0. The Kier molecular flexibility index (Phi) is 5.60. The van der Waals surface area contributed by atoms with Crippen LogP contribution in [-0.4, -0.2) is 44.9 Å². The average molecular weight is 522 g/mol. The highest BCUT2D eigenvalue weighted by Gasteiger charge is 2.39. The minimum atomic E-state index is -4.43. The fourth-order valence-corrected chi connectivity index (χ4v) is 4.94. The molecule has 2 aromatic carbocycles. The zero-order chi connectivity index (χ0) is 25.7. The standard InChI is InChI=1S/C27H19ClF3N5O/c28-22-11-32-10-9-21(22)25-24(16-5-7-18(8-6-16)27(29,30)31)33-12-23(34-25)35-14-19(15-35)36-13-17-3-1-2-4-20(17)26(36)37/h1-12,19H,13-15H2. The molecule has 1 saturated heterocycles. The molecule has 2 aliphatic rings. The predicted molar refractivity (Wildman–Crippen MR) is 133 cm³/mol. The van der Waals surface area contributed by atoms with Crippen molar-refractivity contribution in [2.45, 2.75) is 18.8 Å². The van der Waals surface area contributed by atoms with E-state index in [9.17, 15) is 18.0 Å². The first-order valence-corrected chi connectivity index (χ1v) is 12.0. The van der Waals surface area contributed by atoms with Gasteiger partial charge in [0.1, 0.15) is 11.5 Å². The third kappa shape index (κ3) is 4.19. The van der Waals surface area contributed by atoms with Crippen LogP contribution in [0.1, 0.15) is 21.5 Å². The van der Waals surface area contributed by atoms with Gasteiger partial charge in [-0.15, -0.1) is 0 Å². The molecule has 0 spiro atoms. The van der Waals surface area contributed by atoms with Crippen molar-refractivity contribution in [3.63, 3.8) is 0 Å². The van der Waals surface area contributed by atoms with Gasteiger partial charge in [-0.05, 0) is 29.8 Å². The largest absolute Gasteiger partial charge is 0.416 e. The quantitative estimate of drug-likeness (QED) is 0.343. The topological polar surface area (TPSA) is 62.2 Å². The molecule has 0 atom stereocenters. The Balaban J connectivity index is 1.29. The van der Waals surface area contributed by atoms with E-state index in [-0.39, 0.29) is 11.9 Å². The Hall–Kier alpha value is -3.98. The SMILES string of the molecule is O=C1c2ccccc2CN1C1CN(c2cnc(-c3ccc(C(F)(F)F)cc3)c(-c3ccncc3Cl)n2)C1. The highest BCUT2D eigenvalue weighted by Crippen LogP contribution is 2.37. The number of benzene rings is 2. The van der Waals surface area contributed by atoms with Crippen LogP contribution in [0.4, 0.5) is 19.0 Å². The first-order chi connectivity index (χ1) is 17.8. The minimum absolute atomic E-state index is 0.0354. The van der Waals surface area contributed by atoms with Crippen LogP contribution < -0.4 is 4.90 Å². The van der Waals surface area contributed by atoms with E-state index in [2.05, 4.69) is 9.97 Å². The molecule has 0 saturated carbocycles. The smallest absolute Gasteiger partial charge is 0.351 e. The third-order valence-electron chi connectivity index (χ3n) is 6.75. The van der Waals surface area contributed by atoms with E-state index in [0.717, 1.165) is 23.3 Å². The summed E-state index contributed by atoms with van der Waals surface area (Å²) in [7, 11) is 0. The van der Waals surface area contributed by atoms with Crippen molar-refractivity contribution >= 4 is 23.3 Å². The number of hydrogen-bond donors (Lipinski definition) is 0. The van der Waals surface area contributed by atoms with Crippen molar-refractivity contribution in [1.82, 2.24) is 19.9 Å². The molecular formula is C27H19ClF3N5O. The van der Waals surface area contributed by atoms with Crippen LogP contribution >= 0.6 is 11.6 Å². The van der Waals surface area contributed by atoms with Gasteiger partial charge < -0.3 is 9.80 Å². The van der Waals surface area contributed by atoms with E-state index in [1.807, 2.05) is 34.1 Å². The molecule has 0 N–H and O–H groups in total. The molecule has 186 valence electrons. The van der Waals surface area contributed by atoms with Crippen LogP contribution in [0.15, 0.2) is 73.2 Å². The summed E-state index contributed by atoms with van der Waals surface area (Å²) >= 11 is 6.42. The van der Waals surface area contributed by atoms with Gasteiger partial charge in [-0.3, -0.25) is 14.8 Å². The van der Waals surface area contributed by atoms with E-state index >= 15 is 0 Å². The van der Waals surface area contributed by atoms with Gasteiger partial charge >= 0.3 is 6.18 Å². The zero-order valence-electron chi connectivity index (χ0n) is 19.3.